The summed E-state index contributed by atoms with van der Waals surface area (Å²) >= 11 is 0. The first kappa shape index (κ1) is 22.6. The van der Waals surface area contributed by atoms with Gasteiger partial charge in [0.1, 0.15) is 24.4 Å². The SMILES string of the molecule is Cc1cc(-c2cnc(C(F)(F)F)cn2)ccc1C(C)[C@H]1O[C@H](CO)[C@@H](O)[C@H](O)[C@@H]1O. The third-order valence-electron chi connectivity index (χ3n) is 5.42. The van der Waals surface area contributed by atoms with Crippen LogP contribution in [0.4, 0.5) is 13.2 Å². The van der Waals surface area contributed by atoms with Crippen LogP contribution in [0.3, 0.4) is 0 Å². The van der Waals surface area contributed by atoms with Crippen molar-refractivity contribution in [2.24, 2.45) is 0 Å². The Morgan fingerprint density at radius 3 is 2.30 bits per heavy atom. The summed E-state index contributed by atoms with van der Waals surface area (Å²) in [6.07, 6.45) is -8.98. The van der Waals surface area contributed by atoms with Crippen LogP contribution >= 0.6 is 0 Å². The van der Waals surface area contributed by atoms with Gasteiger partial charge in [-0.3, -0.25) is 4.98 Å². The molecule has 0 radical (unpaired) electrons. The molecular weight excluding hydrogens is 405 g/mol. The number of nitrogens with zero attached hydrogens (tertiary/aromatic N) is 2. The molecule has 1 aromatic heterocycles. The Labute approximate surface area is 170 Å². The number of ether oxygens (including phenoxy) is 1. The second-order valence-electron chi connectivity index (χ2n) is 7.44. The van der Waals surface area contributed by atoms with Gasteiger partial charge in [0, 0.05) is 11.5 Å². The fraction of sp³-hybridized carbons (Fsp3) is 0.500. The molecule has 10 heteroatoms. The van der Waals surface area contributed by atoms with Gasteiger partial charge in [0.2, 0.25) is 0 Å². The summed E-state index contributed by atoms with van der Waals surface area (Å²) in [6, 6.07) is 5.13. The van der Waals surface area contributed by atoms with Crippen LogP contribution in [0, 0.1) is 6.92 Å². The Balaban J connectivity index is 1.84. The number of benzene rings is 1. The van der Waals surface area contributed by atoms with E-state index in [1.54, 1.807) is 32.0 Å². The molecule has 0 saturated carbocycles. The predicted molar refractivity (Wildman–Crippen MR) is 99.4 cm³/mol. The van der Waals surface area contributed by atoms with Gasteiger partial charge in [-0.2, -0.15) is 13.2 Å². The fourth-order valence-electron chi connectivity index (χ4n) is 3.69. The number of rotatable bonds is 4. The van der Waals surface area contributed by atoms with Gasteiger partial charge in [-0.05, 0) is 24.1 Å². The number of aliphatic hydroxyl groups excluding tert-OH is 4. The molecule has 2 heterocycles. The number of alkyl halides is 3. The van der Waals surface area contributed by atoms with Gasteiger partial charge in [0.05, 0.1) is 30.8 Å². The quantitative estimate of drug-likeness (QED) is 0.582. The molecule has 3 rings (SSSR count). The topological polar surface area (TPSA) is 116 Å². The fourth-order valence-corrected chi connectivity index (χ4v) is 3.69. The molecular formula is C20H23F3N2O5. The van der Waals surface area contributed by atoms with E-state index in [1.807, 2.05) is 0 Å². The summed E-state index contributed by atoms with van der Waals surface area (Å²) < 4.78 is 43.6. The Morgan fingerprint density at radius 1 is 1.07 bits per heavy atom. The highest BCUT2D eigenvalue weighted by Crippen LogP contribution is 2.34. The van der Waals surface area contributed by atoms with Crippen molar-refractivity contribution in [1.29, 1.82) is 0 Å². The number of aromatic nitrogens is 2. The molecule has 1 fully saturated rings. The van der Waals surface area contributed by atoms with Crippen molar-refractivity contribution >= 4 is 0 Å². The van der Waals surface area contributed by atoms with Crippen molar-refractivity contribution in [3.63, 3.8) is 0 Å². The molecule has 0 spiro atoms. The summed E-state index contributed by atoms with van der Waals surface area (Å²) in [5, 5.41) is 39.7. The van der Waals surface area contributed by atoms with Gasteiger partial charge in [0.25, 0.3) is 0 Å². The standard InChI is InChI=1S/C20H23F3N2O5/c1-9-5-11(13-6-25-15(7-24-13)20(21,22)23)3-4-12(9)10(2)19-18(29)17(28)16(27)14(8-26)30-19/h3-7,10,14,16-19,26-29H,8H2,1-2H3/t10?,14-,16-,17+,18+,19-/m1/s1. The molecule has 1 unspecified atom stereocenters. The van der Waals surface area contributed by atoms with E-state index in [1.165, 1.54) is 0 Å². The van der Waals surface area contributed by atoms with Crippen molar-refractivity contribution in [1.82, 2.24) is 9.97 Å². The van der Waals surface area contributed by atoms with E-state index in [0.717, 1.165) is 17.3 Å². The smallest absolute Gasteiger partial charge is 0.394 e. The minimum atomic E-state index is -4.56. The molecule has 0 bridgehead atoms. The average molecular weight is 428 g/mol. The van der Waals surface area contributed by atoms with Gasteiger partial charge < -0.3 is 25.2 Å². The third kappa shape index (κ3) is 4.33. The van der Waals surface area contributed by atoms with Gasteiger partial charge in [0.15, 0.2) is 5.69 Å². The second-order valence-corrected chi connectivity index (χ2v) is 7.44. The maximum Gasteiger partial charge on any atom is 0.434 e. The molecule has 1 aliphatic heterocycles. The van der Waals surface area contributed by atoms with Crippen LogP contribution in [0.2, 0.25) is 0 Å². The maximum absolute atomic E-state index is 12.7. The van der Waals surface area contributed by atoms with E-state index in [4.69, 9.17) is 4.74 Å². The second kappa shape index (κ2) is 8.56. The average Bonchev–Trinajstić information content (AvgIpc) is 2.71. The third-order valence-corrected chi connectivity index (χ3v) is 5.42. The van der Waals surface area contributed by atoms with Crippen LogP contribution in [0.15, 0.2) is 30.6 Å². The van der Waals surface area contributed by atoms with E-state index in [-0.39, 0.29) is 5.69 Å². The number of hydrogen-bond acceptors (Lipinski definition) is 7. The zero-order valence-corrected chi connectivity index (χ0v) is 16.3. The molecule has 1 aliphatic rings. The van der Waals surface area contributed by atoms with Gasteiger partial charge in [-0.25, -0.2) is 4.98 Å². The molecule has 1 aromatic carbocycles. The number of hydrogen-bond donors (Lipinski definition) is 4. The number of aliphatic hydroxyl groups is 4. The Hall–Kier alpha value is -2.11. The van der Waals surface area contributed by atoms with E-state index < -0.39 is 54.9 Å². The highest BCUT2D eigenvalue weighted by atomic mass is 19.4. The van der Waals surface area contributed by atoms with Gasteiger partial charge in [-0.1, -0.05) is 19.1 Å². The number of aryl methyl sites for hydroxylation is 1. The Bertz CT molecular complexity index is 876. The van der Waals surface area contributed by atoms with Crippen LogP contribution in [0.25, 0.3) is 11.3 Å². The van der Waals surface area contributed by atoms with Crippen molar-refractivity contribution in [3.8, 4) is 11.3 Å². The largest absolute Gasteiger partial charge is 0.434 e. The molecule has 0 aliphatic carbocycles. The first-order valence-corrected chi connectivity index (χ1v) is 9.35. The number of halogens is 3. The summed E-state index contributed by atoms with van der Waals surface area (Å²) in [5.74, 6) is -0.413. The first-order valence-electron chi connectivity index (χ1n) is 9.35. The lowest BCUT2D eigenvalue weighted by molar-refractivity contribution is -0.233. The monoisotopic (exact) mass is 428 g/mol. The van der Waals surface area contributed by atoms with Crippen molar-refractivity contribution < 1.29 is 38.3 Å². The highest BCUT2D eigenvalue weighted by molar-refractivity contribution is 5.60. The normalized spacial score (nSPS) is 28.4. The van der Waals surface area contributed by atoms with E-state index in [2.05, 4.69) is 9.97 Å². The molecule has 1 saturated heterocycles. The Morgan fingerprint density at radius 2 is 1.77 bits per heavy atom. The molecule has 6 atom stereocenters. The predicted octanol–water partition coefficient (Wildman–Crippen LogP) is 1.42. The first-order chi connectivity index (χ1) is 14.0. The minimum Gasteiger partial charge on any atom is -0.394 e. The lowest BCUT2D eigenvalue weighted by Crippen LogP contribution is -2.59. The molecule has 2 aromatic rings. The molecule has 30 heavy (non-hydrogen) atoms. The summed E-state index contributed by atoms with van der Waals surface area (Å²) in [6.45, 7) is 3.04. The summed E-state index contributed by atoms with van der Waals surface area (Å²) in [4.78, 5) is 7.25. The Kier molecular flexibility index (Phi) is 6.44. The lowest BCUT2D eigenvalue weighted by Gasteiger charge is -2.42. The van der Waals surface area contributed by atoms with Crippen molar-refractivity contribution in [2.75, 3.05) is 6.61 Å². The van der Waals surface area contributed by atoms with Gasteiger partial charge in [-0.15, -0.1) is 0 Å². The maximum atomic E-state index is 12.7. The van der Waals surface area contributed by atoms with Crippen LogP contribution < -0.4 is 0 Å². The van der Waals surface area contributed by atoms with Crippen LogP contribution in [-0.4, -0.2) is 67.5 Å². The minimum absolute atomic E-state index is 0.276. The van der Waals surface area contributed by atoms with E-state index >= 15 is 0 Å². The van der Waals surface area contributed by atoms with Crippen molar-refractivity contribution in [3.05, 3.63) is 47.4 Å². The lowest BCUT2D eigenvalue weighted by atomic mass is 9.83. The molecule has 0 amide bonds. The van der Waals surface area contributed by atoms with Crippen molar-refractivity contribution in [2.45, 2.75) is 56.5 Å². The summed E-state index contributed by atoms with van der Waals surface area (Å²) in [5.41, 5.74) is 1.30. The van der Waals surface area contributed by atoms with E-state index in [0.29, 0.717) is 11.8 Å². The van der Waals surface area contributed by atoms with Crippen LogP contribution in [-0.2, 0) is 10.9 Å². The van der Waals surface area contributed by atoms with Gasteiger partial charge >= 0.3 is 6.18 Å². The zero-order valence-electron chi connectivity index (χ0n) is 16.3. The molecule has 7 nitrogen and oxygen atoms in total. The van der Waals surface area contributed by atoms with Crippen LogP contribution in [0.5, 0.6) is 0 Å². The van der Waals surface area contributed by atoms with Crippen LogP contribution in [0.1, 0.15) is 29.7 Å². The molecule has 4 N–H and O–H groups in total. The summed E-state index contributed by atoms with van der Waals surface area (Å²) in [7, 11) is 0. The van der Waals surface area contributed by atoms with E-state index in [9.17, 15) is 33.6 Å². The zero-order chi connectivity index (χ0) is 22.2. The highest BCUT2D eigenvalue weighted by Gasteiger charge is 2.45. The molecule has 164 valence electrons.